The first kappa shape index (κ1) is 14.0. The SMILES string of the molecule is C=CCn1c(C(=O)O)c(C)c2cc(OC)cc(OC)c21. The Labute approximate surface area is 117 Å². The van der Waals surface area contributed by atoms with Crippen LogP contribution in [0.25, 0.3) is 10.9 Å². The highest BCUT2D eigenvalue weighted by Crippen LogP contribution is 2.36. The minimum atomic E-state index is -0.971. The van der Waals surface area contributed by atoms with Crippen molar-refractivity contribution in [3.63, 3.8) is 0 Å². The van der Waals surface area contributed by atoms with E-state index < -0.39 is 5.97 Å². The molecule has 0 atom stereocenters. The van der Waals surface area contributed by atoms with Gasteiger partial charge in [0.15, 0.2) is 0 Å². The second-order valence-electron chi connectivity index (χ2n) is 4.40. The number of methoxy groups -OCH3 is 2. The van der Waals surface area contributed by atoms with Crippen LogP contribution < -0.4 is 9.47 Å². The van der Waals surface area contributed by atoms with E-state index in [0.717, 1.165) is 10.9 Å². The van der Waals surface area contributed by atoms with Crippen LogP contribution in [0.2, 0.25) is 0 Å². The first-order valence-electron chi connectivity index (χ1n) is 6.14. The van der Waals surface area contributed by atoms with E-state index in [2.05, 4.69) is 6.58 Å². The molecule has 1 N–H and O–H groups in total. The Morgan fingerprint density at radius 3 is 2.60 bits per heavy atom. The smallest absolute Gasteiger partial charge is 0.352 e. The van der Waals surface area contributed by atoms with Crippen LogP contribution in [0.1, 0.15) is 16.1 Å². The standard InChI is InChI=1S/C15H17NO4/c1-5-6-16-13(15(17)18)9(2)11-7-10(19-3)8-12(20-4)14(11)16/h5,7-8H,1,6H2,2-4H3,(H,17,18). The predicted octanol–water partition coefficient (Wildman–Crippen LogP) is 2.85. The van der Waals surface area contributed by atoms with Crippen molar-refractivity contribution >= 4 is 16.9 Å². The van der Waals surface area contributed by atoms with E-state index in [4.69, 9.17) is 9.47 Å². The molecule has 0 fully saturated rings. The maximum Gasteiger partial charge on any atom is 0.352 e. The molecule has 0 amide bonds. The molecule has 1 aromatic heterocycles. The number of carbonyl (C=O) groups is 1. The summed E-state index contributed by atoms with van der Waals surface area (Å²) in [6.45, 7) is 5.86. The van der Waals surface area contributed by atoms with Crippen molar-refractivity contribution in [1.29, 1.82) is 0 Å². The van der Waals surface area contributed by atoms with Crippen molar-refractivity contribution in [3.8, 4) is 11.5 Å². The first-order valence-corrected chi connectivity index (χ1v) is 6.14. The number of fused-ring (bicyclic) bond motifs is 1. The van der Waals surface area contributed by atoms with Crippen molar-refractivity contribution in [2.24, 2.45) is 0 Å². The third kappa shape index (κ3) is 2.01. The van der Waals surface area contributed by atoms with E-state index >= 15 is 0 Å². The van der Waals surface area contributed by atoms with Crippen molar-refractivity contribution in [1.82, 2.24) is 4.57 Å². The van der Waals surface area contributed by atoms with Gasteiger partial charge in [-0.15, -0.1) is 6.58 Å². The number of hydrogen-bond acceptors (Lipinski definition) is 3. The third-order valence-corrected chi connectivity index (χ3v) is 3.32. The summed E-state index contributed by atoms with van der Waals surface area (Å²) in [6, 6.07) is 3.56. The maximum atomic E-state index is 11.5. The minimum Gasteiger partial charge on any atom is -0.497 e. The van der Waals surface area contributed by atoms with Gasteiger partial charge in [0.25, 0.3) is 0 Å². The highest BCUT2D eigenvalue weighted by molar-refractivity contribution is 6.00. The largest absolute Gasteiger partial charge is 0.497 e. The second kappa shape index (κ2) is 5.28. The van der Waals surface area contributed by atoms with Crippen molar-refractivity contribution in [2.75, 3.05) is 14.2 Å². The van der Waals surface area contributed by atoms with Gasteiger partial charge in [0.2, 0.25) is 0 Å². The van der Waals surface area contributed by atoms with Crippen LogP contribution in [0.4, 0.5) is 0 Å². The molecule has 20 heavy (non-hydrogen) atoms. The van der Waals surface area contributed by atoms with E-state index in [1.165, 1.54) is 0 Å². The zero-order valence-electron chi connectivity index (χ0n) is 11.8. The quantitative estimate of drug-likeness (QED) is 0.852. The molecule has 2 aromatic rings. The van der Waals surface area contributed by atoms with Gasteiger partial charge in [0.05, 0.1) is 19.7 Å². The molecule has 0 aliphatic carbocycles. The first-order chi connectivity index (χ1) is 9.54. The summed E-state index contributed by atoms with van der Waals surface area (Å²) in [5, 5.41) is 10.2. The summed E-state index contributed by atoms with van der Waals surface area (Å²) < 4.78 is 12.3. The Balaban J connectivity index is 2.94. The van der Waals surface area contributed by atoms with Crippen LogP contribution in [0.15, 0.2) is 24.8 Å². The van der Waals surface area contributed by atoms with Crippen LogP contribution >= 0.6 is 0 Å². The molecule has 5 nitrogen and oxygen atoms in total. The monoisotopic (exact) mass is 275 g/mol. The number of aryl methyl sites for hydroxylation is 1. The number of carboxylic acid groups (broad SMARTS) is 1. The molecule has 0 spiro atoms. The number of allylic oxidation sites excluding steroid dienone is 1. The highest BCUT2D eigenvalue weighted by Gasteiger charge is 2.22. The number of carboxylic acids is 1. The molecule has 1 heterocycles. The lowest BCUT2D eigenvalue weighted by Crippen LogP contribution is -2.09. The van der Waals surface area contributed by atoms with E-state index in [0.29, 0.717) is 23.6 Å². The summed E-state index contributed by atoms with van der Waals surface area (Å²) in [5.74, 6) is 0.239. The van der Waals surface area contributed by atoms with Crippen LogP contribution in [0.3, 0.4) is 0 Å². The zero-order chi connectivity index (χ0) is 14.9. The molecular formula is C15H17NO4. The fourth-order valence-electron chi connectivity index (χ4n) is 2.45. The summed E-state index contributed by atoms with van der Waals surface area (Å²) in [4.78, 5) is 11.5. The molecule has 0 saturated carbocycles. The number of ether oxygens (including phenoxy) is 2. The fourth-order valence-corrected chi connectivity index (χ4v) is 2.45. The number of rotatable bonds is 5. The lowest BCUT2D eigenvalue weighted by atomic mass is 10.1. The second-order valence-corrected chi connectivity index (χ2v) is 4.40. The van der Waals surface area contributed by atoms with Crippen LogP contribution in [0.5, 0.6) is 11.5 Å². The Morgan fingerprint density at radius 1 is 1.40 bits per heavy atom. The molecule has 0 radical (unpaired) electrons. The summed E-state index contributed by atoms with van der Waals surface area (Å²) in [6.07, 6.45) is 1.66. The molecule has 1 aromatic carbocycles. The molecule has 0 saturated heterocycles. The minimum absolute atomic E-state index is 0.242. The zero-order valence-corrected chi connectivity index (χ0v) is 11.8. The van der Waals surface area contributed by atoms with Gasteiger partial charge in [0, 0.05) is 18.0 Å². The molecule has 2 rings (SSSR count). The fraction of sp³-hybridized carbons (Fsp3) is 0.267. The van der Waals surface area contributed by atoms with Gasteiger partial charge < -0.3 is 19.1 Å². The lowest BCUT2D eigenvalue weighted by molar-refractivity contribution is 0.0685. The summed E-state index contributed by atoms with van der Waals surface area (Å²) in [5.41, 5.74) is 1.67. The van der Waals surface area contributed by atoms with E-state index in [-0.39, 0.29) is 5.69 Å². The maximum absolute atomic E-state index is 11.5. The number of aromatic nitrogens is 1. The number of benzene rings is 1. The van der Waals surface area contributed by atoms with Crippen molar-refractivity contribution in [3.05, 3.63) is 36.0 Å². The average Bonchev–Trinajstić information content (AvgIpc) is 2.71. The average molecular weight is 275 g/mol. The lowest BCUT2D eigenvalue weighted by Gasteiger charge is -2.10. The molecule has 5 heteroatoms. The Hall–Kier alpha value is -2.43. The number of hydrogen-bond donors (Lipinski definition) is 1. The molecule has 0 aliphatic rings. The van der Waals surface area contributed by atoms with Gasteiger partial charge >= 0.3 is 5.97 Å². The van der Waals surface area contributed by atoms with E-state index in [1.54, 1.807) is 37.9 Å². The molecular weight excluding hydrogens is 258 g/mol. The third-order valence-electron chi connectivity index (χ3n) is 3.32. The molecule has 0 bridgehead atoms. The van der Waals surface area contributed by atoms with Gasteiger partial charge in [-0.25, -0.2) is 4.79 Å². The predicted molar refractivity (Wildman–Crippen MR) is 76.9 cm³/mol. The van der Waals surface area contributed by atoms with E-state index in [9.17, 15) is 9.90 Å². The van der Waals surface area contributed by atoms with E-state index in [1.807, 2.05) is 6.07 Å². The van der Waals surface area contributed by atoms with Crippen molar-refractivity contribution in [2.45, 2.75) is 13.5 Å². The van der Waals surface area contributed by atoms with Gasteiger partial charge in [0.1, 0.15) is 17.2 Å². The van der Waals surface area contributed by atoms with Crippen LogP contribution in [-0.2, 0) is 6.54 Å². The van der Waals surface area contributed by atoms with Gasteiger partial charge in [-0.2, -0.15) is 0 Å². The van der Waals surface area contributed by atoms with Crippen LogP contribution in [0, 0.1) is 6.92 Å². The van der Waals surface area contributed by atoms with Gasteiger partial charge in [-0.05, 0) is 18.6 Å². The Bertz CT molecular complexity index is 685. The highest BCUT2D eigenvalue weighted by atomic mass is 16.5. The van der Waals surface area contributed by atoms with Gasteiger partial charge in [-0.3, -0.25) is 0 Å². The topological polar surface area (TPSA) is 60.7 Å². The number of aromatic carboxylic acids is 1. The van der Waals surface area contributed by atoms with Crippen LogP contribution in [-0.4, -0.2) is 29.9 Å². The summed E-state index contributed by atoms with van der Waals surface area (Å²) in [7, 11) is 3.12. The molecule has 0 unspecified atom stereocenters. The Morgan fingerprint density at radius 2 is 2.10 bits per heavy atom. The summed E-state index contributed by atoms with van der Waals surface area (Å²) >= 11 is 0. The van der Waals surface area contributed by atoms with Gasteiger partial charge in [-0.1, -0.05) is 6.08 Å². The molecule has 0 aliphatic heterocycles. The Kier molecular flexibility index (Phi) is 3.70. The molecule has 106 valence electrons. The number of nitrogens with zero attached hydrogens (tertiary/aromatic N) is 1. The van der Waals surface area contributed by atoms with Crippen molar-refractivity contribution < 1.29 is 19.4 Å². The normalized spacial score (nSPS) is 10.6.